The molecule has 2 rings (SSSR count). The monoisotopic (exact) mass is 410 g/mol. The van der Waals surface area contributed by atoms with Crippen LogP contribution in [0.1, 0.15) is 39.5 Å². The molecule has 2 amide bonds. The normalized spacial score (nSPS) is 19.2. The molecule has 0 aromatic carbocycles. The zero-order valence-corrected chi connectivity index (χ0v) is 18.2. The Bertz CT molecular complexity index is 529. The molecule has 8 heteroatoms. The maximum Gasteiger partial charge on any atom is 0.224 e. The van der Waals surface area contributed by atoms with Crippen molar-refractivity contribution in [1.29, 1.82) is 0 Å². The average Bonchev–Trinajstić information content (AvgIpc) is 2.77. The lowest BCUT2D eigenvalue weighted by Crippen LogP contribution is -2.49. The van der Waals surface area contributed by atoms with Crippen LogP contribution in [0.5, 0.6) is 0 Å². The van der Waals surface area contributed by atoms with E-state index < -0.39 is 0 Å². The van der Waals surface area contributed by atoms with E-state index in [0.717, 1.165) is 52.2 Å². The molecular formula is C21H38N4O4. The Kier molecular flexibility index (Phi) is 10.6. The first kappa shape index (κ1) is 23.8. The molecule has 1 unspecified atom stereocenters. The van der Waals surface area contributed by atoms with Crippen molar-refractivity contribution >= 4 is 17.6 Å². The summed E-state index contributed by atoms with van der Waals surface area (Å²) in [7, 11) is 0. The smallest absolute Gasteiger partial charge is 0.224 e. The number of piperazine rings is 2. The number of ketones is 1. The van der Waals surface area contributed by atoms with Gasteiger partial charge in [0.05, 0.1) is 19.6 Å². The fourth-order valence-electron chi connectivity index (χ4n) is 3.61. The Morgan fingerprint density at radius 2 is 1.48 bits per heavy atom. The predicted octanol–water partition coefficient (Wildman–Crippen LogP) is 0.365. The van der Waals surface area contributed by atoms with Crippen LogP contribution in [-0.2, 0) is 19.1 Å². The highest BCUT2D eigenvalue weighted by Crippen LogP contribution is 2.10. The van der Waals surface area contributed by atoms with Gasteiger partial charge < -0.3 is 19.9 Å². The molecule has 2 heterocycles. The first-order valence-corrected chi connectivity index (χ1v) is 11.1. The minimum atomic E-state index is 0.0480. The third-order valence-electron chi connectivity index (χ3n) is 5.95. The molecule has 0 spiro atoms. The summed E-state index contributed by atoms with van der Waals surface area (Å²) in [6.45, 7) is 12.2. The Morgan fingerprint density at radius 1 is 0.862 bits per heavy atom. The minimum Gasteiger partial charge on any atom is -0.380 e. The maximum atomic E-state index is 12.3. The van der Waals surface area contributed by atoms with Gasteiger partial charge in [0, 0.05) is 77.7 Å². The summed E-state index contributed by atoms with van der Waals surface area (Å²) in [5.74, 6) is 0.494. The quantitative estimate of drug-likeness (QED) is 0.496. The molecule has 166 valence electrons. The highest BCUT2D eigenvalue weighted by atomic mass is 16.5. The number of Topliss-reactive ketones (excluding diaryl/α,β-unsaturated/α-hetero) is 1. The first-order chi connectivity index (χ1) is 14.0. The Hall–Kier alpha value is -1.51. The van der Waals surface area contributed by atoms with E-state index in [1.807, 2.05) is 23.6 Å². The summed E-state index contributed by atoms with van der Waals surface area (Å²) in [6.07, 6.45) is 1.96. The van der Waals surface area contributed by atoms with E-state index in [9.17, 15) is 14.4 Å². The number of hydrogen-bond acceptors (Lipinski definition) is 6. The van der Waals surface area contributed by atoms with Gasteiger partial charge in [-0.05, 0) is 6.42 Å². The van der Waals surface area contributed by atoms with Gasteiger partial charge in [-0.2, -0.15) is 0 Å². The van der Waals surface area contributed by atoms with Crippen LogP contribution in [0.2, 0.25) is 0 Å². The molecule has 8 nitrogen and oxygen atoms in total. The summed E-state index contributed by atoms with van der Waals surface area (Å²) >= 11 is 0. The lowest BCUT2D eigenvalue weighted by atomic mass is 9.99. The molecule has 2 fully saturated rings. The minimum absolute atomic E-state index is 0.0480. The molecule has 0 aromatic heterocycles. The molecule has 0 aromatic rings. The predicted molar refractivity (Wildman–Crippen MR) is 112 cm³/mol. The Balaban J connectivity index is 1.51. The van der Waals surface area contributed by atoms with Crippen LogP contribution in [0.4, 0.5) is 0 Å². The summed E-state index contributed by atoms with van der Waals surface area (Å²) in [6, 6.07) is 0. The number of nitrogens with zero attached hydrogens (tertiary/aromatic N) is 3. The van der Waals surface area contributed by atoms with Crippen LogP contribution in [0.3, 0.4) is 0 Å². The first-order valence-electron chi connectivity index (χ1n) is 11.1. The van der Waals surface area contributed by atoms with Crippen molar-refractivity contribution in [1.82, 2.24) is 20.0 Å². The van der Waals surface area contributed by atoms with Gasteiger partial charge in [0.1, 0.15) is 5.78 Å². The molecule has 1 N–H and O–H groups in total. The van der Waals surface area contributed by atoms with Crippen LogP contribution in [0.15, 0.2) is 0 Å². The molecule has 0 bridgehead atoms. The number of carbonyl (C=O) groups is 3. The standard InChI is InChI=1S/C21H38N4O4/c1-3-18(2)19(26)4-5-20(27)25-13-11-23(12-14-25)15-17-29-16-6-21(28)24-9-7-22-8-10-24/h18,22H,3-17H2,1-2H3. The SMILES string of the molecule is CCC(C)C(=O)CCC(=O)N1CCN(CCOCCC(=O)N2CCNCC2)CC1. The molecule has 0 saturated carbocycles. The van der Waals surface area contributed by atoms with E-state index in [0.29, 0.717) is 45.6 Å². The second-order valence-corrected chi connectivity index (χ2v) is 7.99. The second-order valence-electron chi connectivity index (χ2n) is 7.99. The van der Waals surface area contributed by atoms with Crippen molar-refractivity contribution in [3.05, 3.63) is 0 Å². The number of hydrogen-bond donors (Lipinski definition) is 1. The van der Waals surface area contributed by atoms with Gasteiger partial charge >= 0.3 is 0 Å². The van der Waals surface area contributed by atoms with E-state index in [4.69, 9.17) is 4.74 Å². The highest BCUT2D eigenvalue weighted by Gasteiger charge is 2.22. The van der Waals surface area contributed by atoms with Crippen LogP contribution >= 0.6 is 0 Å². The van der Waals surface area contributed by atoms with Gasteiger partial charge in [0.15, 0.2) is 0 Å². The van der Waals surface area contributed by atoms with Crippen molar-refractivity contribution in [3.63, 3.8) is 0 Å². The lowest BCUT2D eigenvalue weighted by Gasteiger charge is -2.34. The van der Waals surface area contributed by atoms with E-state index in [-0.39, 0.29) is 23.5 Å². The number of ether oxygens (including phenoxy) is 1. The Morgan fingerprint density at radius 3 is 2.14 bits per heavy atom. The number of carbonyl (C=O) groups excluding carboxylic acids is 3. The van der Waals surface area contributed by atoms with Crippen LogP contribution in [0.25, 0.3) is 0 Å². The van der Waals surface area contributed by atoms with Crippen molar-refractivity contribution in [3.8, 4) is 0 Å². The third kappa shape index (κ3) is 8.40. The number of nitrogens with one attached hydrogen (secondary N) is 1. The van der Waals surface area contributed by atoms with Crippen LogP contribution < -0.4 is 5.32 Å². The van der Waals surface area contributed by atoms with Crippen LogP contribution in [-0.4, -0.2) is 104 Å². The second kappa shape index (κ2) is 12.9. The highest BCUT2D eigenvalue weighted by molar-refractivity contribution is 5.86. The summed E-state index contributed by atoms with van der Waals surface area (Å²) in [4.78, 5) is 42.3. The van der Waals surface area contributed by atoms with Gasteiger partial charge in [-0.15, -0.1) is 0 Å². The van der Waals surface area contributed by atoms with Crippen molar-refractivity contribution < 1.29 is 19.1 Å². The molecule has 2 saturated heterocycles. The van der Waals surface area contributed by atoms with Gasteiger partial charge in [0.2, 0.25) is 11.8 Å². The van der Waals surface area contributed by atoms with Crippen molar-refractivity contribution in [2.24, 2.45) is 5.92 Å². The van der Waals surface area contributed by atoms with Gasteiger partial charge in [-0.3, -0.25) is 19.3 Å². The topological polar surface area (TPSA) is 82.2 Å². The van der Waals surface area contributed by atoms with E-state index >= 15 is 0 Å². The van der Waals surface area contributed by atoms with Gasteiger partial charge in [-0.25, -0.2) is 0 Å². The molecule has 2 aliphatic heterocycles. The average molecular weight is 411 g/mol. The molecule has 1 atom stereocenters. The van der Waals surface area contributed by atoms with Gasteiger partial charge in [-0.1, -0.05) is 13.8 Å². The Labute approximate surface area is 174 Å². The summed E-state index contributed by atoms with van der Waals surface area (Å²) < 4.78 is 5.65. The lowest BCUT2D eigenvalue weighted by molar-refractivity contribution is -0.135. The van der Waals surface area contributed by atoms with Crippen molar-refractivity contribution in [2.45, 2.75) is 39.5 Å². The van der Waals surface area contributed by atoms with E-state index in [2.05, 4.69) is 10.2 Å². The third-order valence-corrected chi connectivity index (χ3v) is 5.95. The zero-order valence-electron chi connectivity index (χ0n) is 18.2. The molecule has 0 aliphatic carbocycles. The fraction of sp³-hybridized carbons (Fsp3) is 0.857. The summed E-state index contributed by atoms with van der Waals surface area (Å²) in [5.41, 5.74) is 0. The molecule has 29 heavy (non-hydrogen) atoms. The van der Waals surface area contributed by atoms with E-state index in [1.54, 1.807) is 0 Å². The van der Waals surface area contributed by atoms with Gasteiger partial charge in [0.25, 0.3) is 0 Å². The summed E-state index contributed by atoms with van der Waals surface area (Å²) in [5, 5.41) is 3.24. The maximum absolute atomic E-state index is 12.3. The fourth-order valence-corrected chi connectivity index (χ4v) is 3.61. The van der Waals surface area contributed by atoms with Crippen molar-refractivity contribution in [2.75, 3.05) is 72.1 Å². The van der Waals surface area contributed by atoms with Crippen LogP contribution in [0, 0.1) is 5.92 Å². The number of amides is 2. The van der Waals surface area contributed by atoms with E-state index in [1.165, 1.54) is 0 Å². The molecule has 2 aliphatic rings. The molecule has 0 radical (unpaired) electrons. The zero-order chi connectivity index (χ0) is 21.1. The largest absolute Gasteiger partial charge is 0.380 e. The molecular weight excluding hydrogens is 372 g/mol. The number of rotatable bonds is 11.